The molecule has 0 aromatic carbocycles. The molecule has 1 fully saturated rings. The fraction of sp³-hybridized carbons (Fsp3) is 1.00. The van der Waals surface area contributed by atoms with E-state index in [0.717, 1.165) is 6.42 Å². The second-order valence-electron chi connectivity index (χ2n) is 2.68. The van der Waals surface area contributed by atoms with Gasteiger partial charge in [-0.25, -0.2) is 0 Å². The predicted molar refractivity (Wildman–Crippen MR) is 114 cm³/mol. The van der Waals surface area contributed by atoms with E-state index < -0.39 is 0 Å². The maximum Gasteiger partial charge on any atom is 0.109 e. The molecule has 1 unspecified atom stereocenters. The van der Waals surface area contributed by atoms with Crippen LogP contribution in [0.15, 0.2) is 0 Å². The number of methoxy groups -OCH3 is 2. The normalized spacial score (nSPS) is 19.1. The molecule has 2 radical (unpaired) electrons. The van der Waals surface area contributed by atoms with Crippen LogP contribution in [-0.4, -0.2) is 46.9 Å². The fourth-order valence-electron chi connectivity index (χ4n) is 1.31. The van der Waals surface area contributed by atoms with Crippen molar-refractivity contribution in [3.8, 4) is 0 Å². The van der Waals surface area contributed by atoms with Crippen molar-refractivity contribution in [1.29, 1.82) is 0 Å². The van der Waals surface area contributed by atoms with Gasteiger partial charge in [-0.15, -0.1) is 0 Å². The molecular formula is C19H53BO3. The zero-order chi connectivity index (χ0) is 16.3. The molecule has 0 saturated carbocycles. The molecule has 1 aliphatic heterocycles. The molecule has 1 heterocycles. The first-order valence-corrected chi connectivity index (χ1v) is 7.70. The largest absolute Gasteiger partial charge is 0.382 e. The lowest BCUT2D eigenvalue weighted by molar-refractivity contribution is -0.0315. The molecule has 150 valence electrons. The Kier molecular flexibility index (Phi) is 106. The number of rotatable bonds is 3. The Morgan fingerprint density at radius 2 is 1.17 bits per heavy atom. The lowest BCUT2D eigenvalue weighted by Crippen LogP contribution is -2.27. The van der Waals surface area contributed by atoms with Crippen LogP contribution in [0.3, 0.4) is 0 Å². The van der Waals surface area contributed by atoms with E-state index in [4.69, 9.17) is 22.1 Å². The molecule has 3 nitrogen and oxygen atoms in total. The van der Waals surface area contributed by atoms with E-state index >= 15 is 0 Å². The van der Waals surface area contributed by atoms with Crippen molar-refractivity contribution in [2.24, 2.45) is 0 Å². The molecule has 4 heteroatoms. The number of hydrogen-bond acceptors (Lipinski definition) is 3. The van der Waals surface area contributed by atoms with Crippen LogP contribution in [0.4, 0.5) is 0 Å². The van der Waals surface area contributed by atoms with Crippen molar-refractivity contribution in [2.75, 3.05) is 20.8 Å². The molecule has 1 aliphatic rings. The summed E-state index contributed by atoms with van der Waals surface area (Å²) in [5.74, 6) is 0. The van der Waals surface area contributed by atoms with E-state index in [0.29, 0.717) is 6.61 Å². The van der Waals surface area contributed by atoms with Crippen LogP contribution in [-0.2, 0) is 14.2 Å². The average molecular weight is 340 g/mol. The summed E-state index contributed by atoms with van der Waals surface area (Å²) in [6, 6.07) is -0.194. The van der Waals surface area contributed by atoms with Gasteiger partial charge in [0.15, 0.2) is 0 Å². The zero-order valence-corrected chi connectivity index (χ0v) is 14.9. The predicted octanol–water partition coefficient (Wildman–Crippen LogP) is 6.58. The van der Waals surface area contributed by atoms with Crippen molar-refractivity contribution < 1.29 is 14.2 Å². The quantitative estimate of drug-likeness (QED) is 0.543. The Morgan fingerprint density at radius 1 is 0.826 bits per heavy atom. The Bertz CT molecular complexity index is 125. The van der Waals surface area contributed by atoms with Gasteiger partial charge < -0.3 is 14.2 Å². The van der Waals surface area contributed by atoms with Crippen molar-refractivity contribution in [1.82, 2.24) is 0 Å². The van der Waals surface area contributed by atoms with Crippen molar-refractivity contribution in [3.05, 3.63) is 0 Å². The highest BCUT2D eigenvalue weighted by atomic mass is 16.6. The first kappa shape index (κ1) is 49.5. The summed E-state index contributed by atoms with van der Waals surface area (Å²) >= 11 is 0. The molecule has 1 rings (SSSR count). The van der Waals surface area contributed by atoms with E-state index in [1.165, 1.54) is 0 Å². The van der Waals surface area contributed by atoms with E-state index in [2.05, 4.69) is 0 Å². The third kappa shape index (κ3) is 30.4. The molecule has 3 atom stereocenters. The first-order chi connectivity index (χ1) is 9.27. The molecular weight excluding hydrogens is 287 g/mol. The Balaban J connectivity index is -0.0000000277. The summed E-state index contributed by atoms with van der Waals surface area (Å²) in [5, 5.41) is 0. The smallest absolute Gasteiger partial charge is 0.109 e. The highest BCUT2D eigenvalue weighted by Gasteiger charge is 2.32. The van der Waals surface area contributed by atoms with E-state index in [1.807, 2.05) is 55.4 Å². The summed E-state index contributed by atoms with van der Waals surface area (Å²) in [5.41, 5.74) is 0. The fourth-order valence-corrected chi connectivity index (χ4v) is 1.31. The van der Waals surface area contributed by atoms with E-state index in [1.54, 1.807) is 14.2 Å². The third-order valence-corrected chi connectivity index (χ3v) is 1.86. The SMILES string of the molecule is C.C.C.C.CC.CC.CC.CC.[B][C@H]1CC(OC)[C@@H](COC)O1. The number of hydrogen-bond donors (Lipinski definition) is 0. The molecule has 23 heavy (non-hydrogen) atoms. The van der Waals surface area contributed by atoms with Gasteiger partial charge in [0.25, 0.3) is 0 Å². The van der Waals surface area contributed by atoms with Gasteiger partial charge in [-0.1, -0.05) is 85.1 Å². The van der Waals surface area contributed by atoms with E-state index in [9.17, 15) is 0 Å². The van der Waals surface area contributed by atoms with Gasteiger partial charge in [0.2, 0.25) is 0 Å². The van der Waals surface area contributed by atoms with Gasteiger partial charge in [-0.05, 0) is 6.42 Å². The van der Waals surface area contributed by atoms with Crippen LogP contribution in [0.25, 0.3) is 0 Å². The van der Waals surface area contributed by atoms with Gasteiger partial charge in [0.05, 0.1) is 12.7 Å². The summed E-state index contributed by atoms with van der Waals surface area (Å²) in [6.07, 6.45) is 0.842. The van der Waals surface area contributed by atoms with Crippen LogP contribution in [0.2, 0.25) is 0 Å². The average Bonchev–Trinajstić information content (AvgIpc) is 2.88. The van der Waals surface area contributed by atoms with Crippen molar-refractivity contribution in [2.45, 2.75) is 110 Å². The topological polar surface area (TPSA) is 27.7 Å². The molecule has 0 aromatic heterocycles. The second kappa shape index (κ2) is 49.5. The highest BCUT2D eigenvalue weighted by molar-refractivity contribution is 6.11. The molecule has 0 aromatic rings. The molecule has 0 bridgehead atoms. The standard InChI is InChI=1S/C7H13BO3.4C2H6.4CH4/c1-9-4-6-5(10-2)3-7(8)11-6;4*1-2;;;;/h5-7H,3-4H2,1-2H3;4*1-2H3;4*1H4/t5?,6-,7-;;;;;;;;/m1......../s1. The monoisotopic (exact) mass is 340 g/mol. The van der Waals surface area contributed by atoms with Gasteiger partial charge in [0.1, 0.15) is 14.0 Å². The van der Waals surface area contributed by atoms with Gasteiger partial charge in [0, 0.05) is 20.2 Å². The Morgan fingerprint density at radius 3 is 1.43 bits per heavy atom. The first-order valence-electron chi connectivity index (χ1n) is 7.70. The molecule has 1 saturated heterocycles. The van der Waals surface area contributed by atoms with Crippen LogP contribution in [0.1, 0.15) is 91.5 Å². The number of ether oxygens (including phenoxy) is 3. The Hall–Kier alpha value is -0.0551. The minimum atomic E-state index is -0.194. The van der Waals surface area contributed by atoms with Crippen LogP contribution < -0.4 is 0 Å². The minimum Gasteiger partial charge on any atom is -0.382 e. The van der Waals surface area contributed by atoms with Gasteiger partial charge >= 0.3 is 0 Å². The van der Waals surface area contributed by atoms with Crippen LogP contribution in [0.5, 0.6) is 0 Å². The maximum absolute atomic E-state index is 5.56. The van der Waals surface area contributed by atoms with Crippen molar-refractivity contribution >= 4 is 7.85 Å². The molecule has 0 spiro atoms. The van der Waals surface area contributed by atoms with Gasteiger partial charge in [-0.2, -0.15) is 0 Å². The second-order valence-corrected chi connectivity index (χ2v) is 2.68. The molecule has 0 amide bonds. The van der Waals surface area contributed by atoms with E-state index in [-0.39, 0.29) is 47.9 Å². The zero-order valence-electron chi connectivity index (χ0n) is 14.9. The lowest BCUT2D eigenvalue weighted by atomic mass is 9.96. The van der Waals surface area contributed by atoms with Crippen LogP contribution in [0, 0.1) is 0 Å². The molecule has 0 N–H and O–H groups in total. The minimum absolute atomic E-state index is 0. The Labute approximate surface area is 153 Å². The summed E-state index contributed by atoms with van der Waals surface area (Å²) in [4.78, 5) is 0. The van der Waals surface area contributed by atoms with Gasteiger partial charge in [-0.3, -0.25) is 0 Å². The maximum atomic E-state index is 5.56. The summed E-state index contributed by atoms with van der Waals surface area (Å²) < 4.78 is 15.4. The van der Waals surface area contributed by atoms with Crippen molar-refractivity contribution in [3.63, 3.8) is 0 Å². The highest BCUT2D eigenvalue weighted by Crippen LogP contribution is 2.20. The van der Waals surface area contributed by atoms with Crippen LogP contribution >= 0.6 is 0 Å². The lowest BCUT2D eigenvalue weighted by Gasteiger charge is -2.15. The summed E-state index contributed by atoms with van der Waals surface area (Å²) in [6.45, 7) is 16.5. The third-order valence-electron chi connectivity index (χ3n) is 1.86. The molecule has 0 aliphatic carbocycles. The summed E-state index contributed by atoms with van der Waals surface area (Å²) in [7, 11) is 8.86.